The van der Waals surface area contributed by atoms with E-state index < -0.39 is 6.23 Å². The number of aromatic nitrogens is 2. The molecule has 0 saturated carbocycles. The number of hydrogen-bond acceptors (Lipinski definition) is 4. The van der Waals surface area contributed by atoms with Crippen LogP contribution in [0.2, 0.25) is 5.02 Å². The zero-order valence-electron chi connectivity index (χ0n) is 15.5. The first-order valence-corrected chi connectivity index (χ1v) is 9.45. The van der Waals surface area contributed by atoms with Crippen LogP contribution in [0.1, 0.15) is 34.4 Å². The maximum atomic E-state index is 11.2. The van der Waals surface area contributed by atoms with E-state index in [9.17, 15) is 5.11 Å². The second-order valence-electron chi connectivity index (χ2n) is 7.02. The topological polar surface area (TPSA) is 78.2 Å². The van der Waals surface area contributed by atoms with Gasteiger partial charge in [0.05, 0.1) is 5.69 Å². The number of aliphatic hydroxyl groups is 1. The van der Waals surface area contributed by atoms with E-state index in [-0.39, 0.29) is 0 Å². The molecule has 0 fully saturated rings. The van der Waals surface area contributed by atoms with Gasteiger partial charge in [0, 0.05) is 47.0 Å². The highest BCUT2D eigenvalue weighted by Gasteiger charge is 2.27. The van der Waals surface area contributed by atoms with Gasteiger partial charge in [0.1, 0.15) is 5.82 Å². The molecule has 1 aliphatic rings. The SMILES string of the molecule is Cc1nc2c([nH]1)CCN(C(O)c1ccc(CN)c(C)c1)c1ccc(Cl)cc1-2. The standard InChI is InChI=1S/C21H23ClN4O/c1-12-9-14(3-4-15(12)11-23)21(27)26-8-7-18-20(25-13(2)24-18)17-10-16(22)5-6-19(17)26/h3-6,9-10,21,27H,7-8,11,23H2,1-2H3,(H,24,25). The Morgan fingerprint density at radius 1 is 1.26 bits per heavy atom. The van der Waals surface area contributed by atoms with Crippen molar-refractivity contribution in [3.05, 3.63) is 69.6 Å². The molecule has 6 heteroatoms. The molecule has 0 aliphatic carbocycles. The molecule has 2 aromatic carbocycles. The molecule has 0 radical (unpaired) electrons. The van der Waals surface area contributed by atoms with Crippen molar-refractivity contribution in [3.63, 3.8) is 0 Å². The van der Waals surface area contributed by atoms with Gasteiger partial charge in [0.25, 0.3) is 0 Å². The summed E-state index contributed by atoms with van der Waals surface area (Å²) in [6.45, 7) is 5.13. The van der Waals surface area contributed by atoms with E-state index in [1.54, 1.807) is 0 Å². The van der Waals surface area contributed by atoms with Gasteiger partial charge in [-0.15, -0.1) is 0 Å². The number of aromatic amines is 1. The van der Waals surface area contributed by atoms with Crippen molar-refractivity contribution in [2.75, 3.05) is 11.4 Å². The first-order chi connectivity index (χ1) is 13.0. The second-order valence-corrected chi connectivity index (χ2v) is 7.45. The number of aryl methyl sites for hydroxylation is 2. The molecular formula is C21H23ClN4O. The van der Waals surface area contributed by atoms with Crippen LogP contribution in [0.5, 0.6) is 0 Å². The summed E-state index contributed by atoms with van der Waals surface area (Å²) in [5.41, 5.74) is 12.6. The number of rotatable bonds is 3. The quantitative estimate of drug-likeness (QED) is 0.642. The molecule has 0 bridgehead atoms. The van der Waals surface area contributed by atoms with E-state index in [0.717, 1.165) is 51.6 Å². The smallest absolute Gasteiger partial charge is 0.153 e. The molecule has 27 heavy (non-hydrogen) atoms. The Morgan fingerprint density at radius 2 is 2.07 bits per heavy atom. The predicted octanol–water partition coefficient (Wildman–Crippen LogP) is 3.86. The summed E-state index contributed by atoms with van der Waals surface area (Å²) in [5, 5.41) is 11.8. The molecule has 140 valence electrons. The number of halogens is 1. The number of nitrogens with one attached hydrogen (secondary N) is 1. The Balaban J connectivity index is 1.79. The van der Waals surface area contributed by atoms with Crippen LogP contribution in [0.3, 0.4) is 0 Å². The zero-order valence-corrected chi connectivity index (χ0v) is 16.2. The van der Waals surface area contributed by atoms with Crippen molar-refractivity contribution in [1.82, 2.24) is 9.97 Å². The molecule has 4 rings (SSSR count). The molecule has 2 heterocycles. The van der Waals surface area contributed by atoms with Crippen LogP contribution in [-0.4, -0.2) is 21.6 Å². The van der Waals surface area contributed by atoms with Gasteiger partial charge < -0.3 is 20.7 Å². The summed E-state index contributed by atoms with van der Waals surface area (Å²) < 4.78 is 0. The number of benzene rings is 2. The van der Waals surface area contributed by atoms with Gasteiger partial charge in [-0.2, -0.15) is 0 Å². The highest BCUT2D eigenvalue weighted by atomic mass is 35.5. The lowest BCUT2D eigenvalue weighted by atomic mass is 10.0. The summed E-state index contributed by atoms with van der Waals surface area (Å²) in [6, 6.07) is 11.7. The number of nitrogens with zero attached hydrogens (tertiary/aromatic N) is 2. The molecule has 0 saturated heterocycles. The van der Waals surface area contributed by atoms with Crippen molar-refractivity contribution in [3.8, 4) is 11.3 Å². The lowest BCUT2D eigenvalue weighted by Crippen LogP contribution is -2.30. The molecule has 1 unspecified atom stereocenters. The Bertz CT molecular complexity index is 998. The third kappa shape index (κ3) is 3.23. The summed E-state index contributed by atoms with van der Waals surface area (Å²) in [4.78, 5) is 10.0. The normalized spacial score (nSPS) is 14.5. The van der Waals surface area contributed by atoms with E-state index in [4.69, 9.17) is 17.3 Å². The van der Waals surface area contributed by atoms with Gasteiger partial charge in [-0.25, -0.2) is 4.98 Å². The predicted molar refractivity (Wildman–Crippen MR) is 109 cm³/mol. The van der Waals surface area contributed by atoms with E-state index in [2.05, 4.69) is 9.97 Å². The minimum absolute atomic E-state index is 0.493. The van der Waals surface area contributed by atoms with Crippen molar-refractivity contribution in [1.29, 1.82) is 0 Å². The van der Waals surface area contributed by atoms with Gasteiger partial charge >= 0.3 is 0 Å². The minimum Gasteiger partial charge on any atom is -0.369 e. The fraction of sp³-hybridized carbons (Fsp3) is 0.286. The van der Waals surface area contributed by atoms with Crippen LogP contribution in [0.25, 0.3) is 11.3 Å². The zero-order chi connectivity index (χ0) is 19.1. The second kappa shape index (κ2) is 7.00. The summed E-state index contributed by atoms with van der Waals surface area (Å²) in [6.07, 6.45) is -0.0000850. The summed E-state index contributed by atoms with van der Waals surface area (Å²) in [7, 11) is 0. The fourth-order valence-corrected chi connectivity index (χ4v) is 3.96. The number of imidazole rings is 1. The number of H-pyrrole nitrogens is 1. The largest absolute Gasteiger partial charge is 0.369 e. The van der Waals surface area contributed by atoms with Crippen LogP contribution in [0.15, 0.2) is 36.4 Å². The van der Waals surface area contributed by atoms with E-state index in [1.807, 2.05) is 55.1 Å². The van der Waals surface area contributed by atoms with Crippen LogP contribution < -0.4 is 10.6 Å². The Hall–Kier alpha value is -2.34. The maximum Gasteiger partial charge on any atom is 0.153 e. The summed E-state index contributed by atoms with van der Waals surface area (Å²) >= 11 is 6.27. The van der Waals surface area contributed by atoms with Crippen LogP contribution >= 0.6 is 11.6 Å². The highest BCUT2D eigenvalue weighted by Crippen LogP contribution is 2.40. The molecule has 1 aliphatic heterocycles. The Kier molecular flexibility index (Phi) is 4.68. The molecular weight excluding hydrogens is 360 g/mol. The van der Waals surface area contributed by atoms with Crippen molar-refractivity contribution >= 4 is 17.3 Å². The van der Waals surface area contributed by atoms with Crippen molar-refractivity contribution in [2.45, 2.75) is 33.0 Å². The van der Waals surface area contributed by atoms with Gasteiger partial charge in [-0.3, -0.25) is 0 Å². The first kappa shape index (κ1) is 18.0. The molecule has 5 nitrogen and oxygen atoms in total. The van der Waals surface area contributed by atoms with Crippen molar-refractivity contribution in [2.24, 2.45) is 5.73 Å². The number of fused-ring (bicyclic) bond motifs is 3. The van der Waals surface area contributed by atoms with Crippen LogP contribution in [0, 0.1) is 13.8 Å². The van der Waals surface area contributed by atoms with E-state index >= 15 is 0 Å². The number of anilines is 1. The van der Waals surface area contributed by atoms with Gasteiger partial charge in [0.2, 0.25) is 0 Å². The van der Waals surface area contributed by atoms with Crippen LogP contribution in [-0.2, 0) is 13.0 Å². The molecule has 0 amide bonds. The average molecular weight is 383 g/mol. The minimum atomic E-state index is -0.763. The fourth-order valence-electron chi connectivity index (χ4n) is 3.79. The molecule has 4 N–H and O–H groups in total. The Morgan fingerprint density at radius 3 is 2.81 bits per heavy atom. The number of aliphatic hydroxyl groups excluding tert-OH is 1. The summed E-state index contributed by atoms with van der Waals surface area (Å²) in [5.74, 6) is 0.882. The van der Waals surface area contributed by atoms with Gasteiger partial charge in [0.15, 0.2) is 6.23 Å². The molecule has 1 atom stereocenters. The third-order valence-electron chi connectivity index (χ3n) is 5.20. The maximum absolute atomic E-state index is 11.2. The van der Waals surface area contributed by atoms with Gasteiger partial charge in [-0.1, -0.05) is 29.8 Å². The lowest BCUT2D eigenvalue weighted by molar-refractivity contribution is 0.172. The highest BCUT2D eigenvalue weighted by molar-refractivity contribution is 6.31. The molecule has 1 aromatic heterocycles. The average Bonchev–Trinajstić information content (AvgIpc) is 2.96. The first-order valence-electron chi connectivity index (χ1n) is 9.07. The van der Waals surface area contributed by atoms with Gasteiger partial charge in [-0.05, 0) is 43.2 Å². The monoisotopic (exact) mass is 382 g/mol. The van der Waals surface area contributed by atoms with Crippen molar-refractivity contribution < 1.29 is 5.11 Å². The van der Waals surface area contributed by atoms with E-state index in [1.165, 1.54) is 0 Å². The van der Waals surface area contributed by atoms with E-state index in [0.29, 0.717) is 18.1 Å². The molecule has 3 aromatic rings. The number of nitrogens with two attached hydrogens (primary N) is 1. The lowest BCUT2D eigenvalue weighted by Gasteiger charge is -2.31. The number of hydrogen-bond donors (Lipinski definition) is 3. The third-order valence-corrected chi connectivity index (χ3v) is 5.44. The van der Waals surface area contributed by atoms with Crippen LogP contribution in [0.4, 0.5) is 5.69 Å². The molecule has 0 spiro atoms. The Labute approximate surface area is 163 Å².